The average Bonchev–Trinajstić information content (AvgIpc) is 3.10. The molecule has 2 unspecified atom stereocenters. The summed E-state index contributed by atoms with van der Waals surface area (Å²) in [7, 11) is 0. The Labute approximate surface area is 300 Å². The summed E-state index contributed by atoms with van der Waals surface area (Å²) in [5.41, 5.74) is 0. The fourth-order valence-electron chi connectivity index (χ4n) is 6.81. The van der Waals surface area contributed by atoms with Gasteiger partial charge in [0.25, 0.3) is 0 Å². The third-order valence-corrected chi connectivity index (χ3v) is 10.2. The summed E-state index contributed by atoms with van der Waals surface area (Å²) in [5, 5.41) is 54.1. The van der Waals surface area contributed by atoms with Gasteiger partial charge in [-0.15, -0.1) is 0 Å². The second-order valence-electron chi connectivity index (χ2n) is 14.8. The van der Waals surface area contributed by atoms with E-state index in [1.807, 2.05) is 0 Å². The molecular formula is C40H79NO8. The van der Waals surface area contributed by atoms with Crippen LogP contribution < -0.4 is 5.32 Å². The van der Waals surface area contributed by atoms with Crippen molar-refractivity contribution in [2.45, 2.75) is 236 Å². The van der Waals surface area contributed by atoms with Gasteiger partial charge in [-0.2, -0.15) is 0 Å². The number of aliphatic hydroxyl groups is 5. The van der Waals surface area contributed by atoms with E-state index in [1.54, 1.807) is 0 Å². The molecule has 1 aliphatic rings. The molecule has 9 heteroatoms. The van der Waals surface area contributed by atoms with Gasteiger partial charge in [0.1, 0.15) is 24.4 Å². The van der Waals surface area contributed by atoms with Crippen LogP contribution in [0.25, 0.3) is 0 Å². The van der Waals surface area contributed by atoms with Gasteiger partial charge in [0, 0.05) is 6.42 Å². The van der Waals surface area contributed by atoms with Gasteiger partial charge in [-0.05, 0) is 12.8 Å². The molecule has 1 amide bonds. The Morgan fingerprint density at radius 3 is 1.45 bits per heavy atom. The first-order valence-electron chi connectivity index (χ1n) is 20.7. The van der Waals surface area contributed by atoms with E-state index in [2.05, 4.69) is 19.2 Å². The van der Waals surface area contributed by atoms with Gasteiger partial charge in [0.2, 0.25) is 5.91 Å². The fourth-order valence-corrected chi connectivity index (χ4v) is 6.81. The minimum atomic E-state index is -1.55. The van der Waals surface area contributed by atoms with Gasteiger partial charge in [-0.3, -0.25) is 4.79 Å². The van der Waals surface area contributed by atoms with Crippen molar-refractivity contribution in [2.75, 3.05) is 13.2 Å². The predicted octanol–water partition coefficient (Wildman–Crippen LogP) is 7.61. The molecule has 6 N–H and O–H groups in total. The number of carbonyl (C=O) groups is 1. The summed E-state index contributed by atoms with van der Waals surface area (Å²) >= 11 is 0. The molecule has 0 aliphatic carbocycles. The molecule has 7 atom stereocenters. The maximum atomic E-state index is 12.9. The molecule has 0 saturated carbocycles. The van der Waals surface area contributed by atoms with Crippen molar-refractivity contribution < 1.29 is 39.8 Å². The van der Waals surface area contributed by atoms with Crippen molar-refractivity contribution in [3.63, 3.8) is 0 Å². The minimum absolute atomic E-state index is 0.132. The highest BCUT2D eigenvalue weighted by Gasteiger charge is 2.44. The highest BCUT2D eigenvalue weighted by Crippen LogP contribution is 2.23. The number of ether oxygens (including phenoxy) is 2. The van der Waals surface area contributed by atoms with Crippen LogP contribution in [0.4, 0.5) is 0 Å². The Kier molecular flexibility index (Phi) is 30.1. The van der Waals surface area contributed by atoms with Crippen LogP contribution in [0.15, 0.2) is 0 Å². The Hall–Kier alpha value is -0.810. The number of aliphatic hydroxyl groups excluding tert-OH is 5. The van der Waals surface area contributed by atoms with Crippen LogP contribution in [0.2, 0.25) is 0 Å². The molecule has 1 rings (SSSR count). The molecule has 292 valence electrons. The third kappa shape index (κ3) is 23.4. The molecule has 1 aliphatic heterocycles. The molecule has 0 radical (unpaired) electrons. The highest BCUT2D eigenvalue weighted by atomic mass is 16.7. The van der Waals surface area contributed by atoms with Crippen molar-refractivity contribution in [3.05, 3.63) is 0 Å². The quantitative estimate of drug-likeness (QED) is 0.0376. The molecule has 9 nitrogen and oxygen atoms in total. The van der Waals surface area contributed by atoms with Crippen LogP contribution in [0.5, 0.6) is 0 Å². The molecule has 1 heterocycles. The van der Waals surface area contributed by atoms with Crippen LogP contribution in [0.1, 0.15) is 194 Å². The van der Waals surface area contributed by atoms with Crippen LogP contribution in [0.3, 0.4) is 0 Å². The SMILES string of the molecule is CCCCCCCCCCCCCCCCC(=O)N[C@@H](CO[C@@H]1O[C@H](CO)[C@@H](O)C(O)C1O)[C@H](O)CCCCCCCCCCCCCC. The zero-order valence-corrected chi connectivity index (χ0v) is 31.7. The lowest BCUT2D eigenvalue weighted by molar-refractivity contribution is -0.302. The van der Waals surface area contributed by atoms with E-state index >= 15 is 0 Å². The Bertz CT molecular complexity index is 741. The number of unbranched alkanes of at least 4 members (excludes halogenated alkanes) is 24. The summed E-state index contributed by atoms with van der Waals surface area (Å²) in [6.07, 6.45) is 25.3. The molecular weight excluding hydrogens is 622 g/mol. The van der Waals surface area contributed by atoms with Crippen LogP contribution in [0, 0.1) is 0 Å². The van der Waals surface area contributed by atoms with Crippen molar-refractivity contribution in [1.82, 2.24) is 5.32 Å². The fraction of sp³-hybridized carbons (Fsp3) is 0.975. The lowest BCUT2D eigenvalue weighted by Crippen LogP contribution is -2.60. The number of hydrogen-bond acceptors (Lipinski definition) is 8. The maximum absolute atomic E-state index is 12.9. The number of amides is 1. The number of rotatable bonds is 34. The van der Waals surface area contributed by atoms with Crippen LogP contribution in [-0.2, 0) is 14.3 Å². The standard InChI is InChI=1S/C40H79NO8/c1-3-5-7-9-11-13-15-17-18-20-22-24-26-28-30-36(44)41-33(32-48-40-39(47)38(46)37(45)35(31-42)49-40)34(43)29-27-25-23-21-19-16-14-12-10-8-6-4-2/h33-35,37-40,42-43,45-47H,3-32H2,1-2H3,(H,41,44)/t33-,34+,35+,37+,38?,39?,40+/m0/s1. The van der Waals surface area contributed by atoms with Gasteiger partial charge in [0.15, 0.2) is 6.29 Å². The molecule has 0 bridgehead atoms. The van der Waals surface area contributed by atoms with E-state index in [0.717, 1.165) is 38.5 Å². The zero-order chi connectivity index (χ0) is 36.0. The molecule has 1 fully saturated rings. The third-order valence-electron chi connectivity index (χ3n) is 10.2. The molecule has 0 aromatic rings. The minimum Gasteiger partial charge on any atom is -0.394 e. The largest absolute Gasteiger partial charge is 0.394 e. The zero-order valence-electron chi connectivity index (χ0n) is 31.7. The van der Waals surface area contributed by atoms with Gasteiger partial charge < -0.3 is 40.3 Å². The van der Waals surface area contributed by atoms with Crippen molar-refractivity contribution in [2.24, 2.45) is 0 Å². The maximum Gasteiger partial charge on any atom is 0.220 e. The normalized spacial score (nSPS) is 22.3. The smallest absolute Gasteiger partial charge is 0.220 e. The first-order valence-corrected chi connectivity index (χ1v) is 20.7. The van der Waals surface area contributed by atoms with Crippen molar-refractivity contribution >= 4 is 5.91 Å². The van der Waals surface area contributed by atoms with Crippen molar-refractivity contribution in [1.29, 1.82) is 0 Å². The number of carbonyl (C=O) groups excluding carboxylic acids is 1. The number of nitrogens with one attached hydrogen (secondary N) is 1. The monoisotopic (exact) mass is 702 g/mol. The molecule has 0 spiro atoms. The Morgan fingerprint density at radius 2 is 1.02 bits per heavy atom. The first-order chi connectivity index (χ1) is 23.8. The summed E-state index contributed by atoms with van der Waals surface area (Å²) in [6, 6.07) is -0.709. The van der Waals surface area contributed by atoms with E-state index < -0.39 is 49.5 Å². The molecule has 1 saturated heterocycles. The summed E-state index contributed by atoms with van der Waals surface area (Å²) in [4.78, 5) is 12.9. The van der Waals surface area contributed by atoms with E-state index in [0.29, 0.717) is 12.8 Å². The van der Waals surface area contributed by atoms with Gasteiger partial charge >= 0.3 is 0 Å². The Morgan fingerprint density at radius 1 is 0.612 bits per heavy atom. The highest BCUT2D eigenvalue weighted by molar-refractivity contribution is 5.76. The molecule has 0 aromatic carbocycles. The lowest BCUT2D eigenvalue weighted by atomic mass is 9.99. The predicted molar refractivity (Wildman–Crippen MR) is 198 cm³/mol. The van der Waals surface area contributed by atoms with E-state index in [9.17, 15) is 30.3 Å². The van der Waals surface area contributed by atoms with Gasteiger partial charge in [0.05, 0.1) is 25.4 Å². The number of hydrogen-bond donors (Lipinski definition) is 6. The second-order valence-corrected chi connectivity index (χ2v) is 14.8. The molecule has 0 aromatic heterocycles. The van der Waals surface area contributed by atoms with E-state index in [4.69, 9.17) is 9.47 Å². The van der Waals surface area contributed by atoms with E-state index in [1.165, 1.54) is 128 Å². The van der Waals surface area contributed by atoms with Crippen molar-refractivity contribution in [3.8, 4) is 0 Å². The topological polar surface area (TPSA) is 149 Å². The molecule has 49 heavy (non-hydrogen) atoms. The second kappa shape index (κ2) is 31.9. The summed E-state index contributed by atoms with van der Waals surface area (Å²) < 4.78 is 11.2. The first kappa shape index (κ1) is 46.2. The van der Waals surface area contributed by atoms with E-state index in [-0.39, 0.29) is 12.5 Å². The average molecular weight is 702 g/mol. The van der Waals surface area contributed by atoms with Crippen LogP contribution >= 0.6 is 0 Å². The summed E-state index contributed by atoms with van der Waals surface area (Å²) in [5.74, 6) is -0.143. The summed E-state index contributed by atoms with van der Waals surface area (Å²) in [6.45, 7) is 3.82. The van der Waals surface area contributed by atoms with Gasteiger partial charge in [-0.1, -0.05) is 174 Å². The Balaban J connectivity index is 2.38. The van der Waals surface area contributed by atoms with Crippen LogP contribution in [-0.4, -0.2) is 87.5 Å². The lowest BCUT2D eigenvalue weighted by Gasteiger charge is -2.40. The van der Waals surface area contributed by atoms with Gasteiger partial charge in [-0.25, -0.2) is 0 Å².